The van der Waals surface area contributed by atoms with Crippen LogP contribution in [0, 0.1) is 5.41 Å². The minimum absolute atomic E-state index is 0.165. The Morgan fingerprint density at radius 3 is 2.67 bits per heavy atom. The van der Waals surface area contributed by atoms with Crippen LogP contribution in [0.25, 0.3) is 0 Å². The molecule has 1 rings (SSSR count). The number of carbonyl (C=O) groups is 1. The molecule has 0 amide bonds. The highest BCUT2D eigenvalue weighted by molar-refractivity contribution is 9.10. The number of Topliss-reactive ketones (excluding diaryl/α,β-unsaturated/α-hetero) is 1. The molecule has 1 N–H and O–H groups in total. The van der Waals surface area contributed by atoms with Gasteiger partial charge in [-0.05, 0) is 19.2 Å². The van der Waals surface area contributed by atoms with E-state index < -0.39 is 0 Å². The summed E-state index contributed by atoms with van der Waals surface area (Å²) >= 11 is 3.37. The first-order valence-corrected chi connectivity index (χ1v) is 5.71. The molecule has 0 bridgehead atoms. The van der Waals surface area contributed by atoms with Gasteiger partial charge in [0, 0.05) is 22.0 Å². The SMILES string of the molecule is CNCC(C)(C)C(=O)c1cccc(Br)c1. The molecule has 0 atom stereocenters. The van der Waals surface area contributed by atoms with Crippen LogP contribution in [0.3, 0.4) is 0 Å². The zero-order valence-corrected chi connectivity index (χ0v) is 10.9. The van der Waals surface area contributed by atoms with Gasteiger partial charge in [0.1, 0.15) is 0 Å². The van der Waals surface area contributed by atoms with Gasteiger partial charge in [-0.25, -0.2) is 0 Å². The number of rotatable bonds is 4. The quantitative estimate of drug-likeness (QED) is 0.852. The molecule has 1 aromatic rings. The molecule has 0 fully saturated rings. The minimum Gasteiger partial charge on any atom is -0.319 e. The Bertz CT molecular complexity index is 360. The smallest absolute Gasteiger partial charge is 0.169 e. The van der Waals surface area contributed by atoms with E-state index in [4.69, 9.17) is 0 Å². The number of hydrogen-bond acceptors (Lipinski definition) is 2. The summed E-state index contributed by atoms with van der Waals surface area (Å²) in [6.07, 6.45) is 0. The Morgan fingerprint density at radius 2 is 2.13 bits per heavy atom. The molecule has 3 heteroatoms. The van der Waals surface area contributed by atoms with Gasteiger partial charge in [-0.1, -0.05) is 41.9 Å². The highest BCUT2D eigenvalue weighted by Crippen LogP contribution is 2.22. The lowest BCUT2D eigenvalue weighted by Gasteiger charge is -2.22. The Kier molecular flexibility index (Phi) is 4.05. The van der Waals surface area contributed by atoms with E-state index in [0.29, 0.717) is 6.54 Å². The summed E-state index contributed by atoms with van der Waals surface area (Å²) in [5, 5.41) is 3.04. The van der Waals surface area contributed by atoms with Crippen molar-refractivity contribution in [1.82, 2.24) is 5.32 Å². The zero-order valence-electron chi connectivity index (χ0n) is 9.30. The van der Waals surface area contributed by atoms with Crippen LogP contribution in [-0.2, 0) is 0 Å². The molecule has 1 aromatic carbocycles. The standard InChI is InChI=1S/C12H16BrNO/c1-12(2,8-14-3)11(15)9-5-4-6-10(13)7-9/h4-7,14H,8H2,1-3H3. The van der Waals surface area contributed by atoms with Crippen LogP contribution >= 0.6 is 15.9 Å². The lowest BCUT2D eigenvalue weighted by Crippen LogP contribution is -2.34. The molecule has 0 aliphatic carbocycles. The maximum absolute atomic E-state index is 12.1. The van der Waals surface area contributed by atoms with Crippen LogP contribution in [0.2, 0.25) is 0 Å². The first kappa shape index (κ1) is 12.4. The number of ketones is 1. The van der Waals surface area contributed by atoms with Crippen LogP contribution in [0.15, 0.2) is 28.7 Å². The molecule has 2 nitrogen and oxygen atoms in total. The van der Waals surface area contributed by atoms with E-state index in [2.05, 4.69) is 21.2 Å². The van der Waals surface area contributed by atoms with Crippen molar-refractivity contribution in [3.63, 3.8) is 0 Å². The summed E-state index contributed by atoms with van der Waals surface area (Å²) in [6.45, 7) is 4.58. The van der Waals surface area contributed by atoms with E-state index in [-0.39, 0.29) is 11.2 Å². The second-order valence-corrected chi connectivity index (χ2v) is 5.17. The van der Waals surface area contributed by atoms with Crippen LogP contribution in [0.5, 0.6) is 0 Å². The van der Waals surface area contributed by atoms with Gasteiger partial charge in [-0.2, -0.15) is 0 Å². The summed E-state index contributed by atoms with van der Waals surface area (Å²) in [4.78, 5) is 12.1. The highest BCUT2D eigenvalue weighted by atomic mass is 79.9. The van der Waals surface area contributed by atoms with Crippen molar-refractivity contribution >= 4 is 21.7 Å². The van der Waals surface area contributed by atoms with E-state index in [9.17, 15) is 4.79 Å². The monoisotopic (exact) mass is 269 g/mol. The van der Waals surface area contributed by atoms with E-state index in [0.717, 1.165) is 10.0 Å². The third-order valence-electron chi connectivity index (χ3n) is 2.32. The molecule has 0 aliphatic heterocycles. The van der Waals surface area contributed by atoms with Gasteiger partial charge in [0.05, 0.1) is 0 Å². The predicted molar refractivity (Wildman–Crippen MR) is 66.2 cm³/mol. The number of nitrogens with one attached hydrogen (secondary N) is 1. The number of halogens is 1. The van der Waals surface area contributed by atoms with Crippen molar-refractivity contribution < 1.29 is 4.79 Å². The van der Waals surface area contributed by atoms with Gasteiger partial charge < -0.3 is 5.32 Å². The van der Waals surface area contributed by atoms with E-state index in [1.165, 1.54) is 0 Å². The van der Waals surface area contributed by atoms with Crippen molar-refractivity contribution in [1.29, 1.82) is 0 Å². The largest absolute Gasteiger partial charge is 0.319 e. The second kappa shape index (κ2) is 4.90. The number of hydrogen-bond donors (Lipinski definition) is 1. The summed E-state index contributed by atoms with van der Waals surface area (Å²) < 4.78 is 0.939. The van der Waals surface area contributed by atoms with Crippen LogP contribution in [0.4, 0.5) is 0 Å². The normalized spacial score (nSPS) is 11.5. The molecule has 0 saturated carbocycles. The van der Waals surface area contributed by atoms with Gasteiger partial charge in [0.15, 0.2) is 5.78 Å². The van der Waals surface area contributed by atoms with Crippen molar-refractivity contribution in [2.75, 3.05) is 13.6 Å². The first-order valence-electron chi connectivity index (χ1n) is 4.92. The van der Waals surface area contributed by atoms with E-state index >= 15 is 0 Å². The van der Waals surface area contributed by atoms with Gasteiger partial charge in [0.2, 0.25) is 0 Å². The van der Waals surface area contributed by atoms with Crippen LogP contribution < -0.4 is 5.32 Å². The average molecular weight is 270 g/mol. The second-order valence-electron chi connectivity index (χ2n) is 4.25. The molecule has 0 unspecified atom stereocenters. The summed E-state index contributed by atoms with van der Waals surface area (Å²) in [5.74, 6) is 0.165. The fraction of sp³-hybridized carbons (Fsp3) is 0.417. The van der Waals surface area contributed by atoms with Gasteiger partial charge in [-0.3, -0.25) is 4.79 Å². The number of carbonyl (C=O) groups excluding carboxylic acids is 1. The first-order chi connectivity index (χ1) is 6.97. The Balaban J connectivity index is 2.94. The van der Waals surface area contributed by atoms with E-state index in [1.807, 2.05) is 45.2 Å². The fourth-order valence-corrected chi connectivity index (χ4v) is 1.94. The maximum atomic E-state index is 12.1. The number of benzene rings is 1. The van der Waals surface area contributed by atoms with Crippen molar-refractivity contribution in [3.05, 3.63) is 34.3 Å². The average Bonchev–Trinajstić information content (AvgIpc) is 2.16. The minimum atomic E-state index is -0.366. The molecule has 82 valence electrons. The summed E-state index contributed by atoms with van der Waals surface area (Å²) in [7, 11) is 1.86. The molecule has 0 heterocycles. The molecule has 0 aromatic heterocycles. The highest BCUT2D eigenvalue weighted by Gasteiger charge is 2.27. The Hall–Kier alpha value is -0.670. The topological polar surface area (TPSA) is 29.1 Å². The van der Waals surface area contributed by atoms with Gasteiger partial charge in [-0.15, -0.1) is 0 Å². The Labute approximate surface area is 99.2 Å². The molecule has 0 spiro atoms. The van der Waals surface area contributed by atoms with E-state index in [1.54, 1.807) is 0 Å². The van der Waals surface area contributed by atoms with Crippen molar-refractivity contribution in [2.45, 2.75) is 13.8 Å². The maximum Gasteiger partial charge on any atom is 0.169 e. The molecule has 0 aliphatic rings. The van der Waals surface area contributed by atoms with Crippen molar-refractivity contribution in [2.24, 2.45) is 5.41 Å². The lowest BCUT2D eigenvalue weighted by molar-refractivity contribution is 0.0839. The third-order valence-corrected chi connectivity index (χ3v) is 2.81. The molecular formula is C12H16BrNO. The van der Waals surface area contributed by atoms with Gasteiger partial charge in [0.25, 0.3) is 0 Å². The van der Waals surface area contributed by atoms with Crippen LogP contribution in [-0.4, -0.2) is 19.4 Å². The van der Waals surface area contributed by atoms with Gasteiger partial charge >= 0.3 is 0 Å². The third kappa shape index (κ3) is 3.14. The Morgan fingerprint density at radius 1 is 1.47 bits per heavy atom. The molecule has 0 radical (unpaired) electrons. The molecule has 15 heavy (non-hydrogen) atoms. The summed E-state index contributed by atoms with van der Waals surface area (Å²) in [5.41, 5.74) is 0.389. The molecular weight excluding hydrogens is 254 g/mol. The fourth-order valence-electron chi connectivity index (χ4n) is 1.54. The molecule has 0 saturated heterocycles. The summed E-state index contributed by atoms with van der Waals surface area (Å²) in [6, 6.07) is 7.51. The zero-order chi connectivity index (χ0) is 11.5. The van der Waals surface area contributed by atoms with Crippen LogP contribution in [0.1, 0.15) is 24.2 Å². The van der Waals surface area contributed by atoms with Crippen molar-refractivity contribution in [3.8, 4) is 0 Å². The lowest BCUT2D eigenvalue weighted by atomic mass is 9.84. The predicted octanol–water partition coefficient (Wildman–Crippen LogP) is 2.88.